The van der Waals surface area contributed by atoms with E-state index in [1.54, 1.807) is 6.33 Å². The van der Waals surface area contributed by atoms with Crippen LogP contribution in [0, 0.1) is 22.7 Å². The fraction of sp³-hybridized carbons (Fsp3) is 0.556. The van der Waals surface area contributed by atoms with Gasteiger partial charge in [-0.3, -0.25) is 4.90 Å². The van der Waals surface area contributed by atoms with Crippen molar-refractivity contribution in [2.45, 2.75) is 31.1 Å². The number of hydrogen-bond donors (Lipinski definition) is 0. The first-order chi connectivity index (χ1) is 17.0. The number of hydrogen-bond acceptors (Lipinski definition) is 7. The van der Waals surface area contributed by atoms with Gasteiger partial charge < -0.3 is 9.80 Å². The predicted molar refractivity (Wildman–Crippen MR) is 134 cm³/mol. The van der Waals surface area contributed by atoms with Gasteiger partial charge in [-0.05, 0) is 55.7 Å². The first-order valence-corrected chi connectivity index (χ1v) is 12.9. The Morgan fingerprint density at radius 3 is 2.51 bits per heavy atom. The van der Waals surface area contributed by atoms with Crippen LogP contribution >= 0.6 is 0 Å². The quantitative estimate of drug-likeness (QED) is 0.570. The lowest BCUT2D eigenvalue weighted by molar-refractivity contribution is 0.0882. The lowest BCUT2D eigenvalue weighted by atomic mass is 9.57. The standard InChI is InChI=1S/C27H32N8/c1-32-13-20(14-32)15-33-6-8-34(9-7-33)24-11-25(30-19-29-24)35-23-10-22(3-2-21(23)12-31-35)27(18-28)16-26(17-27)4-5-26/h2-3,10-12,19-20H,4-9,13-17H2,1H3. The van der Waals surface area contributed by atoms with Crippen LogP contribution in [-0.4, -0.2) is 82.4 Å². The summed E-state index contributed by atoms with van der Waals surface area (Å²) in [5.74, 6) is 2.56. The van der Waals surface area contributed by atoms with Gasteiger partial charge in [-0.2, -0.15) is 10.4 Å². The van der Waals surface area contributed by atoms with Crippen molar-refractivity contribution in [3.63, 3.8) is 0 Å². The molecule has 0 unspecified atom stereocenters. The van der Waals surface area contributed by atoms with Gasteiger partial charge in [-0.15, -0.1) is 0 Å². The zero-order valence-electron chi connectivity index (χ0n) is 20.4. The van der Waals surface area contributed by atoms with Crippen LogP contribution in [0.4, 0.5) is 5.82 Å². The predicted octanol–water partition coefficient (Wildman–Crippen LogP) is 2.83. The van der Waals surface area contributed by atoms with Gasteiger partial charge in [0.25, 0.3) is 0 Å². The molecule has 0 N–H and O–H groups in total. The Balaban J connectivity index is 1.11. The van der Waals surface area contributed by atoms with Crippen molar-refractivity contribution in [3.05, 3.63) is 42.4 Å². The third kappa shape index (κ3) is 3.60. The molecular formula is C27H32N8. The molecule has 2 aliphatic carbocycles. The number of anilines is 1. The fourth-order valence-electron chi connectivity index (χ4n) is 6.70. The molecule has 2 aromatic heterocycles. The molecule has 4 fully saturated rings. The Kier molecular flexibility index (Phi) is 4.71. The lowest BCUT2D eigenvalue weighted by Crippen LogP contribution is -2.53. The van der Waals surface area contributed by atoms with E-state index in [1.165, 1.54) is 32.5 Å². The maximum Gasteiger partial charge on any atom is 0.159 e. The number of likely N-dealkylation sites (tertiary alicyclic amines) is 1. The van der Waals surface area contributed by atoms with E-state index in [9.17, 15) is 5.26 Å². The highest BCUT2D eigenvalue weighted by molar-refractivity contribution is 5.81. The van der Waals surface area contributed by atoms with E-state index in [4.69, 9.17) is 0 Å². The summed E-state index contributed by atoms with van der Waals surface area (Å²) in [6.45, 7) is 7.78. The molecule has 2 aliphatic heterocycles. The molecule has 4 aliphatic rings. The monoisotopic (exact) mass is 468 g/mol. The van der Waals surface area contributed by atoms with Crippen molar-refractivity contribution in [2.24, 2.45) is 11.3 Å². The molecule has 2 saturated carbocycles. The van der Waals surface area contributed by atoms with Gasteiger partial charge in [-0.1, -0.05) is 12.1 Å². The zero-order chi connectivity index (χ0) is 23.6. The van der Waals surface area contributed by atoms with E-state index in [2.05, 4.69) is 67.1 Å². The summed E-state index contributed by atoms with van der Waals surface area (Å²) in [6, 6.07) is 11.1. The third-order valence-corrected chi connectivity index (χ3v) is 8.86. The smallest absolute Gasteiger partial charge is 0.159 e. The van der Waals surface area contributed by atoms with Gasteiger partial charge in [0, 0.05) is 57.3 Å². The molecule has 4 heterocycles. The molecule has 0 amide bonds. The number of nitriles is 1. The van der Waals surface area contributed by atoms with Crippen molar-refractivity contribution < 1.29 is 0 Å². The molecule has 8 nitrogen and oxygen atoms in total. The highest BCUT2D eigenvalue weighted by Crippen LogP contribution is 2.68. The molecule has 7 rings (SSSR count). The Labute approximate surface area is 206 Å². The van der Waals surface area contributed by atoms with E-state index in [0.717, 1.165) is 73.0 Å². The minimum Gasteiger partial charge on any atom is -0.354 e. The van der Waals surface area contributed by atoms with Crippen molar-refractivity contribution in [1.82, 2.24) is 29.5 Å². The molecule has 1 aromatic carbocycles. The van der Waals surface area contributed by atoms with Crippen LogP contribution in [-0.2, 0) is 5.41 Å². The minimum atomic E-state index is -0.342. The van der Waals surface area contributed by atoms with Crippen molar-refractivity contribution >= 4 is 16.7 Å². The third-order valence-electron chi connectivity index (χ3n) is 8.86. The normalized spacial score (nSPS) is 23.7. The zero-order valence-corrected chi connectivity index (χ0v) is 20.4. The maximum atomic E-state index is 10.0. The minimum absolute atomic E-state index is 0.342. The van der Waals surface area contributed by atoms with Crippen LogP contribution in [0.5, 0.6) is 0 Å². The molecule has 35 heavy (non-hydrogen) atoms. The summed E-state index contributed by atoms with van der Waals surface area (Å²) < 4.78 is 1.91. The largest absolute Gasteiger partial charge is 0.354 e. The molecular weight excluding hydrogens is 436 g/mol. The van der Waals surface area contributed by atoms with Crippen LogP contribution < -0.4 is 4.90 Å². The molecule has 0 radical (unpaired) electrons. The number of nitrogens with zero attached hydrogens (tertiary/aromatic N) is 8. The number of aromatic nitrogens is 4. The maximum absolute atomic E-state index is 10.0. The van der Waals surface area contributed by atoms with E-state index >= 15 is 0 Å². The SMILES string of the molecule is CN1CC(CN2CCN(c3cc(-n4ncc5ccc(C6(C#N)CC7(CC7)C6)cc54)ncn3)CC2)C1. The fourth-order valence-corrected chi connectivity index (χ4v) is 6.70. The van der Waals surface area contributed by atoms with Crippen LogP contribution in [0.25, 0.3) is 16.7 Å². The summed E-state index contributed by atoms with van der Waals surface area (Å²) in [5.41, 5.74) is 2.25. The van der Waals surface area contributed by atoms with Crippen molar-refractivity contribution in [1.29, 1.82) is 5.26 Å². The van der Waals surface area contributed by atoms with E-state index in [-0.39, 0.29) is 5.41 Å². The molecule has 2 saturated heterocycles. The Morgan fingerprint density at radius 1 is 1.03 bits per heavy atom. The van der Waals surface area contributed by atoms with Crippen LogP contribution in [0.3, 0.4) is 0 Å². The second-order valence-electron chi connectivity index (χ2n) is 11.5. The Morgan fingerprint density at radius 2 is 1.80 bits per heavy atom. The van der Waals surface area contributed by atoms with Gasteiger partial charge in [0.1, 0.15) is 12.1 Å². The van der Waals surface area contributed by atoms with E-state index in [1.807, 2.05) is 10.9 Å². The number of rotatable bonds is 5. The first-order valence-electron chi connectivity index (χ1n) is 12.9. The molecule has 180 valence electrons. The summed E-state index contributed by atoms with van der Waals surface area (Å²) in [5, 5.41) is 15.8. The van der Waals surface area contributed by atoms with Gasteiger partial charge in [0.2, 0.25) is 0 Å². The Bertz CT molecular complexity index is 1300. The number of benzene rings is 1. The molecule has 0 atom stereocenters. The van der Waals surface area contributed by atoms with E-state index < -0.39 is 0 Å². The van der Waals surface area contributed by atoms with Gasteiger partial charge in [0.05, 0.1) is 23.2 Å². The molecule has 8 heteroatoms. The van der Waals surface area contributed by atoms with Crippen molar-refractivity contribution in [3.8, 4) is 11.9 Å². The number of piperazine rings is 1. The molecule has 3 aromatic rings. The average molecular weight is 469 g/mol. The second-order valence-corrected chi connectivity index (χ2v) is 11.5. The topological polar surface area (TPSA) is 77.1 Å². The van der Waals surface area contributed by atoms with Crippen LogP contribution in [0.2, 0.25) is 0 Å². The summed E-state index contributed by atoms with van der Waals surface area (Å²) in [4.78, 5) is 16.5. The van der Waals surface area contributed by atoms with Gasteiger partial charge in [0.15, 0.2) is 5.82 Å². The van der Waals surface area contributed by atoms with Gasteiger partial charge in [-0.25, -0.2) is 14.6 Å². The number of fused-ring (bicyclic) bond motifs is 1. The summed E-state index contributed by atoms with van der Waals surface area (Å²) >= 11 is 0. The van der Waals surface area contributed by atoms with E-state index in [0.29, 0.717) is 5.41 Å². The lowest BCUT2D eigenvalue weighted by Gasteiger charge is -2.44. The van der Waals surface area contributed by atoms with Crippen molar-refractivity contribution in [2.75, 3.05) is 57.8 Å². The summed E-state index contributed by atoms with van der Waals surface area (Å²) in [7, 11) is 2.20. The van der Waals surface area contributed by atoms with Crippen LogP contribution in [0.1, 0.15) is 31.2 Å². The first kappa shape index (κ1) is 21.3. The average Bonchev–Trinajstić information content (AvgIpc) is 3.53. The second kappa shape index (κ2) is 7.74. The Hall–Kier alpha value is -3.02. The van der Waals surface area contributed by atoms with Gasteiger partial charge >= 0.3 is 0 Å². The molecule has 1 spiro atoms. The molecule has 0 bridgehead atoms. The highest BCUT2D eigenvalue weighted by atomic mass is 15.3. The highest BCUT2D eigenvalue weighted by Gasteiger charge is 2.61. The summed E-state index contributed by atoms with van der Waals surface area (Å²) in [6.07, 6.45) is 8.10. The van der Waals surface area contributed by atoms with Crippen LogP contribution in [0.15, 0.2) is 36.8 Å².